The van der Waals surface area contributed by atoms with Gasteiger partial charge in [-0.2, -0.15) is 12.6 Å². The summed E-state index contributed by atoms with van der Waals surface area (Å²) in [7, 11) is 0. The Balaban J connectivity index is 5.19. The maximum absolute atomic E-state index is 12.7. The van der Waals surface area contributed by atoms with Crippen LogP contribution in [0.1, 0.15) is 26.7 Å². The molecule has 166 valence electrons. The Bertz CT molecular complexity index is 610. The van der Waals surface area contributed by atoms with Crippen molar-refractivity contribution in [3.05, 3.63) is 0 Å². The highest BCUT2D eigenvalue weighted by atomic mass is 32.1. The van der Waals surface area contributed by atoms with Crippen molar-refractivity contribution in [2.75, 3.05) is 18.8 Å². The van der Waals surface area contributed by atoms with Crippen LogP contribution < -0.4 is 33.2 Å². The van der Waals surface area contributed by atoms with Crippen LogP contribution in [0.25, 0.3) is 0 Å². The SMILES string of the molecule is CC(C)C(NC(=O)C(CCCN=C(N)N)NC(=O)C(N)CS)C(=O)NCC(=O)O. The average molecular weight is 434 g/mol. The maximum Gasteiger partial charge on any atom is 0.322 e. The van der Waals surface area contributed by atoms with Crippen LogP contribution in [0.3, 0.4) is 0 Å². The Labute approximate surface area is 174 Å². The lowest BCUT2D eigenvalue weighted by Crippen LogP contribution is -2.57. The van der Waals surface area contributed by atoms with E-state index < -0.39 is 48.4 Å². The normalized spacial score (nSPS) is 13.7. The highest BCUT2D eigenvalue weighted by Crippen LogP contribution is 2.05. The number of aliphatic carboxylic acids is 1. The van der Waals surface area contributed by atoms with Gasteiger partial charge in [0.15, 0.2) is 5.96 Å². The fourth-order valence-electron chi connectivity index (χ4n) is 2.20. The number of amides is 3. The van der Waals surface area contributed by atoms with Gasteiger partial charge in [0, 0.05) is 12.3 Å². The molecule has 0 radical (unpaired) electrons. The van der Waals surface area contributed by atoms with Crippen molar-refractivity contribution in [2.24, 2.45) is 28.1 Å². The molecule has 0 heterocycles. The quantitative estimate of drug-likeness (QED) is 0.0651. The zero-order valence-corrected chi connectivity index (χ0v) is 17.4. The Hall–Kier alpha value is -2.54. The zero-order valence-electron chi connectivity index (χ0n) is 16.6. The number of thiol groups is 1. The first kappa shape index (κ1) is 26.5. The summed E-state index contributed by atoms with van der Waals surface area (Å²) < 4.78 is 0. The second-order valence-corrected chi connectivity index (χ2v) is 7.01. The van der Waals surface area contributed by atoms with E-state index in [0.717, 1.165) is 0 Å². The molecule has 0 saturated heterocycles. The molecule has 0 rings (SSSR count). The highest BCUT2D eigenvalue weighted by molar-refractivity contribution is 7.80. The third-order valence-corrected chi connectivity index (χ3v) is 4.17. The minimum atomic E-state index is -1.21. The van der Waals surface area contributed by atoms with Gasteiger partial charge in [0.2, 0.25) is 17.7 Å². The molecule has 0 saturated carbocycles. The molecule has 3 amide bonds. The van der Waals surface area contributed by atoms with Gasteiger partial charge in [-0.05, 0) is 18.8 Å². The van der Waals surface area contributed by atoms with E-state index in [-0.39, 0.29) is 30.6 Å². The monoisotopic (exact) mass is 433 g/mol. The number of guanidine groups is 1. The van der Waals surface area contributed by atoms with E-state index in [0.29, 0.717) is 6.42 Å². The summed E-state index contributed by atoms with van der Waals surface area (Å²) >= 11 is 3.95. The lowest BCUT2D eigenvalue weighted by molar-refractivity contribution is -0.139. The average Bonchev–Trinajstić information content (AvgIpc) is 2.64. The molecule has 3 unspecified atom stereocenters. The van der Waals surface area contributed by atoms with Gasteiger partial charge >= 0.3 is 5.97 Å². The number of nitrogens with one attached hydrogen (secondary N) is 3. The van der Waals surface area contributed by atoms with Crippen molar-refractivity contribution >= 4 is 42.3 Å². The number of nitrogens with zero attached hydrogens (tertiary/aromatic N) is 1. The van der Waals surface area contributed by atoms with E-state index in [1.807, 2.05) is 0 Å². The van der Waals surface area contributed by atoms with Crippen molar-refractivity contribution in [1.82, 2.24) is 16.0 Å². The van der Waals surface area contributed by atoms with E-state index >= 15 is 0 Å². The number of nitrogens with two attached hydrogens (primary N) is 3. The molecule has 0 aliphatic carbocycles. The molecule has 0 spiro atoms. The molecule has 13 heteroatoms. The molecule has 0 bridgehead atoms. The predicted molar refractivity (Wildman–Crippen MR) is 111 cm³/mol. The third-order valence-electron chi connectivity index (χ3n) is 3.77. The molecule has 12 nitrogen and oxygen atoms in total. The zero-order chi connectivity index (χ0) is 22.6. The smallest absolute Gasteiger partial charge is 0.322 e. The predicted octanol–water partition coefficient (Wildman–Crippen LogP) is -2.88. The third kappa shape index (κ3) is 11.1. The molecule has 0 aliphatic heterocycles. The van der Waals surface area contributed by atoms with E-state index in [2.05, 4.69) is 33.6 Å². The number of carbonyl (C=O) groups is 4. The summed E-state index contributed by atoms with van der Waals surface area (Å²) in [6, 6.07) is -2.89. The Kier molecular flexibility index (Phi) is 12.4. The number of aliphatic imine (C=N–C) groups is 1. The molecule has 0 aromatic rings. The molecule has 0 aromatic heterocycles. The molecule has 0 aromatic carbocycles. The van der Waals surface area contributed by atoms with Crippen molar-refractivity contribution in [2.45, 2.75) is 44.8 Å². The summed E-state index contributed by atoms with van der Waals surface area (Å²) in [5.41, 5.74) is 16.1. The molecule has 10 N–H and O–H groups in total. The summed E-state index contributed by atoms with van der Waals surface area (Å²) in [5, 5.41) is 16.0. The van der Waals surface area contributed by atoms with E-state index in [1.54, 1.807) is 13.8 Å². The fraction of sp³-hybridized carbons (Fsp3) is 0.688. The number of hydrogen-bond donors (Lipinski definition) is 8. The first-order valence-corrected chi connectivity index (χ1v) is 9.64. The van der Waals surface area contributed by atoms with Crippen molar-refractivity contribution in [1.29, 1.82) is 0 Å². The van der Waals surface area contributed by atoms with Gasteiger partial charge in [0.25, 0.3) is 0 Å². The molecular formula is C16H31N7O5S. The van der Waals surface area contributed by atoms with Gasteiger partial charge in [0.05, 0.1) is 6.04 Å². The Morgan fingerprint density at radius 3 is 2.17 bits per heavy atom. The van der Waals surface area contributed by atoms with Crippen LogP contribution in [0.4, 0.5) is 0 Å². The summed E-state index contributed by atoms with van der Waals surface area (Å²) in [4.78, 5) is 51.5. The number of carbonyl (C=O) groups excluding carboxylic acids is 3. The van der Waals surface area contributed by atoms with Crippen LogP contribution in [0.15, 0.2) is 4.99 Å². The summed E-state index contributed by atoms with van der Waals surface area (Å²) in [6.07, 6.45) is 0.569. The molecule has 3 atom stereocenters. The van der Waals surface area contributed by atoms with Gasteiger partial charge in [-0.15, -0.1) is 0 Å². The Morgan fingerprint density at radius 1 is 1.07 bits per heavy atom. The van der Waals surface area contributed by atoms with E-state index in [9.17, 15) is 19.2 Å². The fourth-order valence-corrected chi connectivity index (χ4v) is 2.36. The van der Waals surface area contributed by atoms with Crippen molar-refractivity contribution in [3.63, 3.8) is 0 Å². The second-order valence-electron chi connectivity index (χ2n) is 6.64. The van der Waals surface area contributed by atoms with Gasteiger partial charge in [-0.25, -0.2) is 0 Å². The van der Waals surface area contributed by atoms with Gasteiger partial charge < -0.3 is 38.3 Å². The number of hydrogen-bond acceptors (Lipinski definition) is 7. The lowest BCUT2D eigenvalue weighted by Gasteiger charge is -2.25. The number of rotatable bonds is 13. The second kappa shape index (κ2) is 13.6. The summed E-state index contributed by atoms with van der Waals surface area (Å²) in [5.74, 6) is -3.38. The van der Waals surface area contributed by atoms with E-state index in [4.69, 9.17) is 22.3 Å². The minimum absolute atomic E-state index is 0.0837. The molecule has 0 fully saturated rings. The van der Waals surface area contributed by atoms with Gasteiger partial charge in [-0.3, -0.25) is 24.2 Å². The molecular weight excluding hydrogens is 402 g/mol. The standard InChI is InChI=1S/C16H31N7O5S/c1-8(2)12(15(28)21-6-11(24)25)23-14(27)10(4-3-5-20-16(18)19)22-13(26)9(17)7-29/h8-10,12,29H,3-7,17H2,1-2H3,(H,21,28)(H,22,26)(H,23,27)(H,24,25)(H4,18,19,20). The van der Waals surface area contributed by atoms with Gasteiger partial charge in [0.1, 0.15) is 18.6 Å². The molecule has 29 heavy (non-hydrogen) atoms. The largest absolute Gasteiger partial charge is 0.480 e. The van der Waals surface area contributed by atoms with Crippen molar-refractivity contribution in [3.8, 4) is 0 Å². The van der Waals surface area contributed by atoms with Crippen LogP contribution >= 0.6 is 12.6 Å². The van der Waals surface area contributed by atoms with Crippen LogP contribution in [0, 0.1) is 5.92 Å². The first-order valence-electron chi connectivity index (χ1n) is 9.01. The summed E-state index contributed by atoms with van der Waals surface area (Å²) in [6.45, 7) is 3.05. The number of carboxylic acid groups (broad SMARTS) is 1. The van der Waals surface area contributed by atoms with Crippen LogP contribution in [-0.2, 0) is 19.2 Å². The topological polar surface area (TPSA) is 215 Å². The first-order chi connectivity index (χ1) is 13.5. The molecule has 0 aliphatic rings. The maximum atomic E-state index is 12.7. The van der Waals surface area contributed by atoms with E-state index in [1.165, 1.54) is 0 Å². The van der Waals surface area contributed by atoms with Crippen LogP contribution in [0.2, 0.25) is 0 Å². The van der Waals surface area contributed by atoms with Gasteiger partial charge in [-0.1, -0.05) is 13.8 Å². The van der Waals surface area contributed by atoms with Crippen LogP contribution in [0.5, 0.6) is 0 Å². The lowest BCUT2D eigenvalue weighted by atomic mass is 10.0. The number of carboxylic acids is 1. The van der Waals surface area contributed by atoms with Crippen molar-refractivity contribution < 1.29 is 24.3 Å². The van der Waals surface area contributed by atoms with Crippen LogP contribution in [-0.4, -0.2) is 71.7 Å². The Morgan fingerprint density at radius 2 is 1.69 bits per heavy atom. The minimum Gasteiger partial charge on any atom is -0.480 e. The highest BCUT2D eigenvalue weighted by Gasteiger charge is 2.29.